The van der Waals surface area contributed by atoms with E-state index < -0.39 is 19.8 Å². The first kappa shape index (κ1) is 22.8. The smallest absolute Gasteiger partial charge is 0.404 e. The molecule has 1 saturated heterocycles. The summed E-state index contributed by atoms with van der Waals surface area (Å²) in [5.74, 6) is 0.616. The topological polar surface area (TPSA) is 116 Å². The summed E-state index contributed by atoms with van der Waals surface area (Å²) in [4.78, 5) is 45.0. The Kier molecular flexibility index (Phi) is 7.60. The number of halogens is 1. The quantitative estimate of drug-likeness (QED) is 0.507. The number of nitrogens with zero attached hydrogens (tertiary/aromatic N) is 1. The number of carbonyl (C=O) groups is 2. The van der Waals surface area contributed by atoms with Crippen LogP contribution in [0.2, 0.25) is 0 Å². The number of phosphoric ester groups is 1. The van der Waals surface area contributed by atoms with Gasteiger partial charge in [0.05, 0.1) is 0 Å². The Bertz CT molecular complexity index is 951. The standard InChI is InChI=1S/C19H20BrN2O6PS/c20-15-5-1-13(2-6-15)11-22-9-10-30-12-17(19(22)24)21-18(23)14-3-7-16(8-4-14)28-29(25,26)27/h1-8,17H,9-12H2,(H,21,23)(H2,25,26,27). The molecule has 1 aliphatic heterocycles. The van der Waals surface area contributed by atoms with Crippen molar-refractivity contribution in [2.45, 2.75) is 12.6 Å². The maximum atomic E-state index is 13.0. The molecule has 0 saturated carbocycles. The van der Waals surface area contributed by atoms with Gasteiger partial charge in [-0.05, 0) is 42.0 Å². The van der Waals surface area contributed by atoms with Crippen molar-refractivity contribution in [1.29, 1.82) is 0 Å². The van der Waals surface area contributed by atoms with Crippen molar-refractivity contribution in [2.75, 3.05) is 18.1 Å². The summed E-state index contributed by atoms with van der Waals surface area (Å²) in [6.07, 6.45) is 0. The second-order valence-corrected chi connectivity index (χ2v) is 9.82. The Morgan fingerprint density at radius 3 is 2.50 bits per heavy atom. The predicted octanol–water partition coefficient (Wildman–Crippen LogP) is 2.79. The van der Waals surface area contributed by atoms with Gasteiger partial charge in [0.1, 0.15) is 11.8 Å². The number of thioether (sulfide) groups is 1. The lowest BCUT2D eigenvalue weighted by molar-refractivity contribution is -0.132. The highest BCUT2D eigenvalue weighted by atomic mass is 79.9. The Balaban J connectivity index is 1.65. The van der Waals surface area contributed by atoms with Gasteiger partial charge in [-0.15, -0.1) is 0 Å². The maximum Gasteiger partial charge on any atom is 0.524 e. The monoisotopic (exact) mass is 514 g/mol. The summed E-state index contributed by atoms with van der Waals surface area (Å²) in [5, 5.41) is 2.76. The van der Waals surface area contributed by atoms with Crippen molar-refractivity contribution in [3.8, 4) is 5.75 Å². The van der Waals surface area contributed by atoms with Gasteiger partial charge in [-0.1, -0.05) is 28.1 Å². The van der Waals surface area contributed by atoms with Crippen molar-refractivity contribution >= 4 is 47.3 Å². The van der Waals surface area contributed by atoms with E-state index in [1.54, 1.807) is 16.7 Å². The van der Waals surface area contributed by atoms with Crippen LogP contribution in [-0.2, 0) is 15.9 Å². The molecule has 1 heterocycles. The highest BCUT2D eigenvalue weighted by molar-refractivity contribution is 9.10. The maximum absolute atomic E-state index is 13.0. The van der Waals surface area contributed by atoms with Gasteiger partial charge in [0.15, 0.2) is 0 Å². The summed E-state index contributed by atoms with van der Waals surface area (Å²) in [6.45, 7) is 1.06. The van der Waals surface area contributed by atoms with Gasteiger partial charge in [0, 0.05) is 34.6 Å². The van der Waals surface area contributed by atoms with Crippen LogP contribution in [0, 0.1) is 0 Å². The van der Waals surface area contributed by atoms with E-state index in [-0.39, 0.29) is 17.2 Å². The van der Waals surface area contributed by atoms with Crippen molar-refractivity contribution < 1.29 is 28.5 Å². The SMILES string of the molecule is O=C(NC1CSCCN(Cc2ccc(Br)cc2)C1=O)c1ccc(OP(=O)(O)O)cc1. The molecule has 11 heteroatoms. The molecule has 0 spiro atoms. The van der Waals surface area contributed by atoms with Gasteiger partial charge in [-0.2, -0.15) is 11.8 Å². The molecule has 2 aromatic rings. The minimum atomic E-state index is -4.66. The Labute approximate surface area is 186 Å². The van der Waals surface area contributed by atoms with Gasteiger partial charge in [-0.3, -0.25) is 19.4 Å². The number of benzene rings is 2. The van der Waals surface area contributed by atoms with Crippen LogP contribution in [0.1, 0.15) is 15.9 Å². The van der Waals surface area contributed by atoms with Crippen LogP contribution in [0.5, 0.6) is 5.75 Å². The van der Waals surface area contributed by atoms with E-state index in [9.17, 15) is 14.2 Å². The lowest BCUT2D eigenvalue weighted by Gasteiger charge is -2.24. The van der Waals surface area contributed by atoms with Crippen LogP contribution < -0.4 is 9.84 Å². The first-order valence-electron chi connectivity index (χ1n) is 8.98. The summed E-state index contributed by atoms with van der Waals surface area (Å²) >= 11 is 4.99. The van der Waals surface area contributed by atoms with E-state index in [0.29, 0.717) is 18.8 Å². The minimum Gasteiger partial charge on any atom is -0.404 e. The first-order valence-corrected chi connectivity index (χ1v) is 12.5. The van der Waals surface area contributed by atoms with Gasteiger partial charge in [0.2, 0.25) is 5.91 Å². The van der Waals surface area contributed by atoms with Crippen LogP contribution in [0.3, 0.4) is 0 Å². The molecule has 30 heavy (non-hydrogen) atoms. The van der Waals surface area contributed by atoms with Crippen molar-refractivity contribution in [2.24, 2.45) is 0 Å². The zero-order valence-electron chi connectivity index (χ0n) is 15.7. The normalized spacial score (nSPS) is 17.4. The molecule has 0 bridgehead atoms. The lowest BCUT2D eigenvalue weighted by Crippen LogP contribution is -2.48. The molecule has 1 atom stereocenters. The fourth-order valence-corrected chi connectivity index (χ4v) is 4.53. The molecule has 8 nitrogen and oxygen atoms in total. The largest absolute Gasteiger partial charge is 0.524 e. The predicted molar refractivity (Wildman–Crippen MR) is 117 cm³/mol. The van der Waals surface area contributed by atoms with E-state index in [1.165, 1.54) is 24.3 Å². The van der Waals surface area contributed by atoms with Crippen molar-refractivity contribution in [3.05, 3.63) is 64.1 Å². The minimum absolute atomic E-state index is 0.0540. The molecule has 0 radical (unpaired) electrons. The Hall–Kier alpha value is -1.84. The average Bonchev–Trinajstić information content (AvgIpc) is 2.85. The number of amides is 2. The zero-order valence-corrected chi connectivity index (χ0v) is 19.0. The second kappa shape index (κ2) is 9.98. The lowest BCUT2D eigenvalue weighted by atomic mass is 10.1. The van der Waals surface area contributed by atoms with Gasteiger partial charge in [0.25, 0.3) is 5.91 Å². The van der Waals surface area contributed by atoms with Crippen LogP contribution >= 0.6 is 35.5 Å². The molecule has 3 rings (SSSR count). The van der Waals surface area contributed by atoms with Crippen molar-refractivity contribution in [1.82, 2.24) is 10.2 Å². The van der Waals surface area contributed by atoms with Crippen LogP contribution in [-0.4, -0.2) is 50.6 Å². The average molecular weight is 515 g/mol. The van der Waals surface area contributed by atoms with Crippen LogP contribution in [0.25, 0.3) is 0 Å². The van der Waals surface area contributed by atoms with E-state index in [1.807, 2.05) is 24.3 Å². The van der Waals surface area contributed by atoms with Crippen LogP contribution in [0.15, 0.2) is 53.0 Å². The number of carbonyl (C=O) groups excluding carboxylic acids is 2. The first-order chi connectivity index (χ1) is 14.2. The third kappa shape index (κ3) is 6.58. The van der Waals surface area contributed by atoms with Gasteiger partial charge in [-0.25, -0.2) is 4.57 Å². The summed E-state index contributed by atoms with van der Waals surface area (Å²) in [6, 6.07) is 12.4. The zero-order chi connectivity index (χ0) is 21.7. The van der Waals surface area contributed by atoms with Crippen LogP contribution in [0.4, 0.5) is 0 Å². The second-order valence-electron chi connectivity index (χ2n) is 6.59. The molecule has 2 amide bonds. The molecule has 1 fully saturated rings. The van der Waals surface area contributed by atoms with E-state index >= 15 is 0 Å². The number of nitrogens with one attached hydrogen (secondary N) is 1. The molecule has 1 unspecified atom stereocenters. The van der Waals surface area contributed by atoms with E-state index in [0.717, 1.165) is 15.8 Å². The molecule has 3 N–H and O–H groups in total. The summed E-state index contributed by atoms with van der Waals surface area (Å²) in [7, 11) is -4.66. The molecule has 0 aliphatic carbocycles. The molecule has 0 aromatic heterocycles. The summed E-state index contributed by atoms with van der Waals surface area (Å²) in [5.41, 5.74) is 1.26. The Morgan fingerprint density at radius 2 is 1.87 bits per heavy atom. The number of rotatable bonds is 6. The fourth-order valence-electron chi connectivity index (χ4n) is 2.89. The molecule has 160 valence electrons. The van der Waals surface area contributed by atoms with Crippen molar-refractivity contribution in [3.63, 3.8) is 0 Å². The third-order valence-electron chi connectivity index (χ3n) is 4.33. The molecule has 2 aromatic carbocycles. The van der Waals surface area contributed by atoms with E-state index in [4.69, 9.17) is 9.79 Å². The molecular weight excluding hydrogens is 495 g/mol. The third-order valence-corrected chi connectivity index (χ3v) is 6.35. The van der Waals surface area contributed by atoms with Gasteiger partial charge < -0.3 is 14.7 Å². The number of phosphoric acid groups is 1. The fraction of sp³-hybridized carbons (Fsp3) is 0.263. The number of hydrogen-bond acceptors (Lipinski definition) is 5. The Morgan fingerprint density at radius 1 is 1.20 bits per heavy atom. The highest BCUT2D eigenvalue weighted by Crippen LogP contribution is 2.37. The molecule has 1 aliphatic rings. The summed E-state index contributed by atoms with van der Waals surface area (Å²) < 4.78 is 16.3. The highest BCUT2D eigenvalue weighted by Gasteiger charge is 2.29. The van der Waals surface area contributed by atoms with Gasteiger partial charge >= 0.3 is 7.82 Å². The van der Waals surface area contributed by atoms with E-state index in [2.05, 4.69) is 25.8 Å². The number of hydrogen-bond donors (Lipinski definition) is 3. The molecular formula is C19H20BrN2O6PS.